The van der Waals surface area contributed by atoms with Gasteiger partial charge in [0.15, 0.2) is 0 Å². The van der Waals surface area contributed by atoms with Crippen molar-refractivity contribution in [2.75, 3.05) is 10.6 Å². The van der Waals surface area contributed by atoms with Crippen molar-refractivity contribution in [1.82, 2.24) is 20.6 Å². The Morgan fingerprint density at radius 3 is 2.70 bits per heavy atom. The monoisotopic (exact) mass is 459 g/mol. The van der Waals surface area contributed by atoms with Crippen molar-refractivity contribution in [3.8, 4) is 17.5 Å². The van der Waals surface area contributed by atoms with E-state index >= 15 is 0 Å². The van der Waals surface area contributed by atoms with E-state index in [0.717, 1.165) is 11.1 Å². The van der Waals surface area contributed by atoms with E-state index in [2.05, 4.69) is 37.3 Å². The Morgan fingerprint density at radius 2 is 1.94 bits per heavy atom. The molecule has 4 aromatic rings. The summed E-state index contributed by atoms with van der Waals surface area (Å²) in [5, 5.41) is 29.8. The van der Waals surface area contributed by atoms with Gasteiger partial charge in [-0.3, -0.25) is 5.32 Å². The summed E-state index contributed by atoms with van der Waals surface area (Å²) in [6, 6.07) is 23.0. The highest BCUT2D eigenvalue weighted by Gasteiger charge is 2.15. The molecule has 1 aromatic heterocycles. The molecule has 0 saturated heterocycles. The number of hydrogen-bond donors (Lipinski definition) is 3. The van der Waals surface area contributed by atoms with Gasteiger partial charge in [0.05, 0.1) is 6.07 Å². The number of nitriles is 1. The lowest BCUT2D eigenvalue weighted by Crippen LogP contribution is -2.14. The number of anilines is 2. The number of ether oxygens (including phenoxy) is 1. The first-order valence-electron chi connectivity index (χ1n) is 9.89. The number of rotatable bonds is 7. The summed E-state index contributed by atoms with van der Waals surface area (Å²) in [5.74, 6) is 0.440. The molecule has 0 saturated carbocycles. The number of amides is 1. The van der Waals surface area contributed by atoms with E-state index in [0.29, 0.717) is 27.8 Å². The van der Waals surface area contributed by atoms with Gasteiger partial charge in [-0.2, -0.15) is 10.5 Å². The van der Waals surface area contributed by atoms with Crippen LogP contribution in [0.2, 0.25) is 5.02 Å². The number of aromatic nitrogens is 4. The fraction of sp³-hybridized carbons (Fsp3) is 0.0870. The Hall–Kier alpha value is -4.42. The number of aromatic amines is 1. The predicted octanol–water partition coefficient (Wildman–Crippen LogP) is 4.95. The van der Waals surface area contributed by atoms with Gasteiger partial charge in [-0.05, 0) is 46.7 Å². The number of carbonyl (C=O) groups is 1. The molecule has 0 fully saturated rings. The smallest absolute Gasteiger partial charge is 0.411 e. The second-order valence-corrected chi connectivity index (χ2v) is 7.42. The first-order valence-corrected chi connectivity index (χ1v) is 10.3. The minimum Gasteiger partial charge on any atom is -0.444 e. The van der Waals surface area contributed by atoms with Gasteiger partial charge >= 0.3 is 6.09 Å². The lowest BCUT2D eigenvalue weighted by atomic mass is 10.1. The van der Waals surface area contributed by atoms with Crippen molar-refractivity contribution in [3.05, 3.63) is 88.9 Å². The van der Waals surface area contributed by atoms with E-state index in [4.69, 9.17) is 16.3 Å². The summed E-state index contributed by atoms with van der Waals surface area (Å²) in [7, 11) is 0. The highest BCUT2D eigenvalue weighted by Crippen LogP contribution is 2.27. The SMILES string of the molecule is N#C[C@H](Nc1cccc(-c2nn[nH]n2)c1)c1cc(Cl)cc(NC(=O)OCc2ccccc2)c1. The van der Waals surface area contributed by atoms with Crippen LogP contribution in [0.15, 0.2) is 72.8 Å². The molecule has 1 atom stereocenters. The minimum absolute atomic E-state index is 0.138. The summed E-state index contributed by atoms with van der Waals surface area (Å²) in [6.07, 6.45) is -0.624. The zero-order chi connectivity index (χ0) is 23.0. The van der Waals surface area contributed by atoms with Crippen LogP contribution in [0.25, 0.3) is 11.4 Å². The maximum absolute atomic E-state index is 12.2. The number of carbonyl (C=O) groups excluding carboxylic acids is 1. The molecule has 3 N–H and O–H groups in total. The van der Waals surface area contributed by atoms with Crippen LogP contribution >= 0.6 is 11.6 Å². The number of benzene rings is 3. The van der Waals surface area contributed by atoms with Crippen molar-refractivity contribution < 1.29 is 9.53 Å². The number of H-pyrrole nitrogens is 1. The fourth-order valence-electron chi connectivity index (χ4n) is 3.12. The van der Waals surface area contributed by atoms with Crippen LogP contribution in [0.1, 0.15) is 17.2 Å². The molecule has 4 rings (SSSR count). The zero-order valence-corrected chi connectivity index (χ0v) is 18.0. The van der Waals surface area contributed by atoms with E-state index in [1.54, 1.807) is 24.3 Å². The molecular weight excluding hydrogens is 442 g/mol. The molecule has 0 bridgehead atoms. The van der Waals surface area contributed by atoms with Gasteiger partial charge in [0.25, 0.3) is 0 Å². The Labute approximate surface area is 194 Å². The summed E-state index contributed by atoms with van der Waals surface area (Å²) >= 11 is 6.25. The van der Waals surface area contributed by atoms with Crippen molar-refractivity contribution in [3.63, 3.8) is 0 Å². The van der Waals surface area contributed by atoms with Gasteiger partial charge < -0.3 is 10.1 Å². The fourth-order valence-corrected chi connectivity index (χ4v) is 3.36. The summed E-state index contributed by atoms with van der Waals surface area (Å²) in [6.45, 7) is 0.138. The third-order valence-electron chi connectivity index (χ3n) is 4.62. The Morgan fingerprint density at radius 1 is 1.09 bits per heavy atom. The Balaban J connectivity index is 1.46. The second kappa shape index (κ2) is 10.3. The van der Waals surface area contributed by atoms with Crippen LogP contribution in [-0.4, -0.2) is 26.7 Å². The molecular formula is C23H18ClN7O2. The van der Waals surface area contributed by atoms with E-state index in [1.165, 1.54) is 0 Å². The molecule has 1 heterocycles. The molecule has 0 radical (unpaired) electrons. The minimum atomic E-state index is -0.731. The van der Waals surface area contributed by atoms with Crippen LogP contribution in [0.4, 0.5) is 16.2 Å². The number of hydrogen-bond acceptors (Lipinski definition) is 7. The molecule has 0 unspecified atom stereocenters. The standard InChI is InChI=1S/C23H18ClN7O2/c24-18-9-17(11-20(12-18)27-23(32)33-14-15-5-2-1-3-6-15)21(13-25)26-19-8-4-7-16(10-19)22-28-30-31-29-22/h1-12,21,26H,14H2,(H,27,32)(H,28,29,30,31)/t21-/m0/s1. The zero-order valence-electron chi connectivity index (χ0n) is 17.2. The third-order valence-corrected chi connectivity index (χ3v) is 4.84. The molecule has 0 spiro atoms. The Kier molecular flexibility index (Phi) is 6.78. The highest BCUT2D eigenvalue weighted by molar-refractivity contribution is 6.31. The van der Waals surface area contributed by atoms with E-state index in [1.807, 2.05) is 48.5 Å². The summed E-state index contributed by atoms with van der Waals surface area (Å²) in [5.41, 5.74) is 3.28. The lowest BCUT2D eigenvalue weighted by molar-refractivity contribution is 0.155. The van der Waals surface area contributed by atoms with Crippen LogP contribution in [0, 0.1) is 11.3 Å². The number of halogens is 1. The largest absolute Gasteiger partial charge is 0.444 e. The molecule has 0 aliphatic rings. The van der Waals surface area contributed by atoms with Gasteiger partial charge in [-0.25, -0.2) is 4.79 Å². The van der Waals surface area contributed by atoms with E-state index < -0.39 is 12.1 Å². The maximum Gasteiger partial charge on any atom is 0.411 e. The van der Waals surface area contributed by atoms with Gasteiger partial charge in [0, 0.05) is 22.0 Å². The number of nitrogens with zero attached hydrogens (tertiary/aromatic N) is 4. The molecule has 1 amide bonds. The molecule has 33 heavy (non-hydrogen) atoms. The first-order chi connectivity index (χ1) is 16.1. The van der Waals surface area contributed by atoms with Crippen molar-refractivity contribution in [2.24, 2.45) is 0 Å². The van der Waals surface area contributed by atoms with Crippen molar-refractivity contribution in [2.45, 2.75) is 12.6 Å². The normalized spacial score (nSPS) is 11.3. The second-order valence-electron chi connectivity index (χ2n) is 6.98. The van der Waals surface area contributed by atoms with Crippen molar-refractivity contribution >= 4 is 29.1 Å². The molecule has 0 aliphatic carbocycles. The Bertz CT molecular complexity index is 1270. The van der Waals surface area contributed by atoms with Gasteiger partial charge in [0.1, 0.15) is 12.6 Å². The van der Waals surface area contributed by atoms with Crippen LogP contribution in [0.3, 0.4) is 0 Å². The number of tetrazole rings is 1. The predicted molar refractivity (Wildman–Crippen MR) is 123 cm³/mol. The first kappa shape index (κ1) is 21.8. The molecule has 0 aliphatic heterocycles. The van der Waals surface area contributed by atoms with E-state index in [9.17, 15) is 10.1 Å². The van der Waals surface area contributed by atoms with Gasteiger partial charge in [-0.15, -0.1) is 10.2 Å². The number of nitrogens with one attached hydrogen (secondary N) is 3. The maximum atomic E-state index is 12.2. The summed E-state index contributed by atoms with van der Waals surface area (Å²) < 4.78 is 5.25. The average Bonchev–Trinajstić information content (AvgIpc) is 3.37. The van der Waals surface area contributed by atoms with E-state index in [-0.39, 0.29) is 6.61 Å². The topological polar surface area (TPSA) is 129 Å². The average molecular weight is 460 g/mol. The molecule has 9 nitrogen and oxygen atoms in total. The summed E-state index contributed by atoms with van der Waals surface area (Å²) in [4.78, 5) is 12.2. The quantitative estimate of drug-likeness (QED) is 0.356. The molecule has 10 heteroatoms. The van der Waals surface area contributed by atoms with Crippen LogP contribution in [0.5, 0.6) is 0 Å². The van der Waals surface area contributed by atoms with Gasteiger partial charge in [0.2, 0.25) is 5.82 Å². The highest BCUT2D eigenvalue weighted by atomic mass is 35.5. The van der Waals surface area contributed by atoms with Crippen LogP contribution < -0.4 is 10.6 Å². The molecule has 3 aromatic carbocycles. The van der Waals surface area contributed by atoms with Crippen molar-refractivity contribution in [1.29, 1.82) is 5.26 Å². The van der Waals surface area contributed by atoms with Crippen LogP contribution in [-0.2, 0) is 11.3 Å². The third kappa shape index (κ3) is 5.84. The molecule has 164 valence electrons. The van der Waals surface area contributed by atoms with Gasteiger partial charge in [-0.1, -0.05) is 54.1 Å². The lowest BCUT2D eigenvalue weighted by Gasteiger charge is -2.16.